The second-order valence-electron chi connectivity index (χ2n) is 0.945. The maximum atomic E-state index is 3.69. The van der Waals surface area contributed by atoms with Crippen molar-refractivity contribution in [2.75, 3.05) is 13.6 Å². The minimum atomic E-state index is 0.956. The van der Waals surface area contributed by atoms with Gasteiger partial charge in [0.1, 0.15) is 0 Å². The van der Waals surface area contributed by atoms with Gasteiger partial charge in [0.15, 0.2) is 0 Å². The van der Waals surface area contributed by atoms with E-state index in [9.17, 15) is 0 Å². The Morgan fingerprint density at radius 2 is 2.50 bits per heavy atom. The molecule has 0 saturated carbocycles. The maximum absolute atomic E-state index is 3.69. The van der Waals surface area contributed by atoms with Gasteiger partial charge in [-0.3, -0.25) is 0 Å². The molecule has 0 radical (unpaired) electrons. The summed E-state index contributed by atoms with van der Waals surface area (Å²) in [6, 6.07) is 0. The topological polar surface area (TPSA) is 24.4 Å². The standard InChI is InChI=1S/C3H9BN2/c1-3-6-4-5-2/h6H,3H2,1-2H3. The molecule has 0 aliphatic heterocycles. The van der Waals surface area contributed by atoms with Crippen molar-refractivity contribution in [3.8, 4) is 0 Å². The van der Waals surface area contributed by atoms with E-state index in [1.165, 1.54) is 0 Å². The van der Waals surface area contributed by atoms with Crippen LogP contribution in [0.3, 0.4) is 0 Å². The van der Waals surface area contributed by atoms with Gasteiger partial charge in [-0.1, -0.05) is 0 Å². The van der Waals surface area contributed by atoms with E-state index >= 15 is 0 Å². The number of rotatable bonds is 2. The molecule has 0 fully saturated rings. The van der Waals surface area contributed by atoms with Crippen LogP contribution in [0, 0.1) is 0 Å². The minimum absolute atomic E-state index is 0.956. The van der Waals surface area contributed by atoms with Crippen molar-refractivity contribution in [2.45, 2.75) is 6.92 Å². The summed E-state index contributed by atoms with van der Waals surface area (Å²) in [7, 11) is 3.42. The Morgan fingerprint density at radius 3 is 2.67 bits per heavy atom. The van der Waals surface area contributed by atoms with Gasteiger partial charge in [0, 0.05) is 0 Å². The zero-order chi connectivity index (χ0) is 4.83. The molecule has 34 valence electrons. The Balaban J connectivity index is 2.66. The first-order valence-corrected chi connectivity index (χ1v) is 2.05. The molecule has 0 aliphatic rings. The van der Waals surface area contributed by atoms with E-state index in [4.69, 9.17) is 0 Å². The first-order chi connectivity index (χ1) is 2.91. The molecule has 0 heterocycles. The van der Waals surface area contributed by atoms with Crippen molar-refractivity contribution in [3.63, 3.8) is 0 Å². The van der Waals surface area contributed by atoms with Crippen LogP contribution in [0.15, 0.2) is 4.90 Å². The normalized spacial score (nSPS) is 8.33. The predicted octanol–water partition coefficient (Wildman–Crippen LogP) is 0.0285. The van der Waals surface area contributed by atoms with Gasteiger partial charge in [-0.15, -0.1) is 0 Å². The molecule has 0 rings (SSSR count). The van der Waals surface area contributed by atoms with Crippen LogP contribution >= 0.6 is 0 Å². The SMILES string of the molecule is CCNB=NC. The first kappa shape index (κ1) is 5.66. The molecule has 0 aromatic rings. The van der Waals surface area contributed by atoms with Crippen molar-refractivity contribution in [3.05, 3.63) is 0 Å². The van der Waals surface area contributed by atoms with E-state index < -0.39 is 0 Å². The van der Waals surface area contributed by atoms with Gasteiger partial charge < -0.3 is 0 Å². The summed E-state index contributed by atoms with van der Waals surface area (Å²) in [5, 5.41) is 2.91. The average molecular weight is 83.9 g/mol. The van der Waals surface area contributed by atoms with Crippen molar-refractivity contribution >= 4 is 7.21 Å². The Hall–Kier alpha value is -0.335. The van der Waals surface area contributed by atoms with Gasteiger partial charge in [-0.2, -0.15) is 0 Å². The van der Waals surface area contributed by atoms with Gasteiger partial charge in [0.05, 0.1) is 0 Å². The van der Waals surface area contributed by atoms with Crippen molar-refractivity contribution in [1.29, 1.82) is 0 Å². The predicted molar refractivity (Wildman–Crippen MR) is 27.8 cm³/mol. The summed E-state index contributed by atoms with van der Waals surface area (Å²) in [6.07, 6.45) is 0. The van der Waals surface area contributed by atoms with E-state index in [-0.39, 0.29) is 0 Å². The van der Waals surface area contributed by atoms with Gasteiger partial charge >= 0.3 is 37.8 Å². The summed E-state index contributed by atoms with van der Waals surface area (Å²) in [5.41, 5.74) is 0. The van der Waals surface area contributed by atoms with Crippen LogP contribution in [0.1, 0.15) is 6.92 Å². The second kappa shape index (κ2) is 4.66. The van der Waals surface area contributed by atoms with E-state index in [2.05, 4.69) is 10.1 Å². The molecule has 0 bridgehead atoms. The molecule has 0 saturated heterocycles. The molecule has 0 aromatic carbocycles. The number of nitrogens with one attached hydrogen (secondary N) is 1. The fraction of sp³-hybridized carbons (Fsp3) is 1.00. The van der Waals surface area contributed by atoms with Crippen LogP contribution in [0.4, 0.5) is 0 Å². The Kier molecular flexibility index (Phi) is 4.40. The molecule has 0 aliphatic carbocycles. The average Bonchev–Trinajstić information content (AvgIpc) is 1.61. The van der Waals surface area contributed by atoms with Crippen molar-refractivity contribution < 1.29 is 0 Å². The summed E-state index contributed by atoms with van der Waals surface area (Å²) in [5.74, 6) is 0. The monoisotopic (exact) mass is 84.1 g/mol. The number of hydrogen-bond acceptors (Lipinski definition) is 1. The van der Waals surface area contributed by atoms with Crippen molar-refractivity contribution in [1.82, 2.24) is 5.23 Å². The fourth-order valence-corrected chi connectivity index (χ4v) is 0.183. The van der Waals surface area contributed by atoms with Crippen molar-refractivity contribution in [2.24, 2.45) is 4.90 Å². The summed E-state index contributed by atoms with van der Waals surface area (Å²) >= 11 is 0. The molecular weight excluding hydrogens is 74.9 g/mol. The van der Waals surface area contributed by atoms with Gasteiger partial charge in [0.2, 0.25) is 0 Å². The molecule has 1 N–H and O–H groups in total. The first-order valence-electron chi connectivity index (χ1n) is 2.05. The second-order valence-corrected chi connectivity index (χ2v) is 0.945. The molecule has 0 spiro atoms. The zero-order valence-electron chi connectivity index (χ0n) is 4.23. The van der Waals surface area contributed by atoms with Gasteiger partial charge in [0.25, 0.3) is 0 Å². The molecule has 0 amide bonds. The summed E-state index contributed by atoms with van der Waals surface area (Å²) in [4.78, 5) is 3.69. The quantitative estimate of drug-likeness (QED) is 0.469. The molecular formula is C3H9BN2. The molecule has 6 heavy (non-hydrogen) atoms. The van der Waals surface area contributed by atoms with Crippen LogP contribution in [-0.2, 0) is 0 Å². The van der Waals surface area contributed by atoms with Crippen LogP contribution < -0.4 is 5.23 Å². The summed E-state index contributed by atoms with van der Waals surface area (Å²) in [6.45, 7) is 2.99. The third-order valence-electron chi connectivity index (χ3n) is 0.425. The molecule has 0 atom stereocenters. The van der Waals surface area contributed by atoms with E-state index in [1.807, 2.05) is 6.92 Å². The van der Waals surface area contributed by atoms with Gasteiger partial charge in [-0.25, -0.2) is 0 Å². The third kappa shape index (κ3) is 3.66. The zero-order valence-corrected chi connectivity index (χ0v) is 4.23. The van der Waals surface area contributed by atoms with Gasteiger partial charge in [-0.05, 0) is 0 Å². The summed E-state index contributed by atoms with van der Waals surface area (Å²) < 4.78 is 0. The van der Waals surface area contributed by atoms with Crippen LogP contribution in [0.5, 0.6) is 0 Å². The molecule has 0 aromatic heterocycles. The Morgan fingerprint density at radius 1 is 1.83 bits per heavy atom. The van der Waals surface area contributed by atoms with Crippen LogP contribution in [0.2, 0.25) is 0 Å². The van der Waals surface area contributed by atoms with E-state index in [0.29, 0.717) is 0 Å². The third-order valence-corrected chi connectivity index (χ3v) is 0.425. The molecule has 3 heteroatoms. The van der Waals surface area contributed by atoms with Crippen LogP contribution in [0.25, 0.3) is 0 Å². The number of nitrogens with zero attached hydrogens (tertiary/aromatic N) is 1. The molecule has 0 unspecified atom stereocenters. The number of hydrogen-bond donors (Lipinski definition) is 1. The fourth-order valence-electron chi connectivity index (χ4n) is 0.183. The Bertz CT molecular complexity index is 44.1. The Labute approximate surface area is 38.9 Å². The molecule has 2 nitrogen and oxygen atoms in total. The van der Waals surface area contributed by atoms with E-state index in [0.717, 1.165) is 6.54 Å². The van der Waals surface area contributed by atoms with E-state index in [1.54, 1.807) is 14.3 Å². The van der Waals surface area contributed by atoms with Crippen LogP contribution in [-0.4, -0.2) is 20.8 Å².